The minimum Gasteiger partial charge on any atom is -0.497 e. The number of nitrogens with one attached hydrogen (secondary N) is 1. The third-order valence-electron chi connectivity index (χ3n) is 5.98. The van der Waals surface area contributed by atoms with E-state index in [-0.39, 0.29) is 17.9 Å². The zero-order valence-corrected chi connectivity index (χ0v) is 17.1. The fraction of sp³-hybridized carbons (Fsp3) is 0.435. The first-order chi connectivity index (χ1) is 14.2. The molecule has 0 spiro atoms. The molecule has 2 heterocycles. The van der Waals surface area contributed by atoms with Crippen molar-refractivity contribution >= 4 is 17.3 Å². The number of methoxy groups -OCH3 is 2. The van der Waals surface area contributed by atoms with Crippen molar-refractivity contribution in [3.05, 3.63) is 54.1 Å². The summed E-state index contributed by atoms with van der Waals surface area (Å²) < 4.78 is 10.5. The van der Waals surface area contributed by atoms with E-state index in [4.69, 9.17) is 9.47 Å². The first kappa shape index (κ1) is 19.6. The van der Waals surface area contributed by atoms with Gasteiger partial charge in [0, 0.05) is 50.7 Å². The lowest BCUT2D eigenvalue weighted by atomic mass is 9.83. The van der Waals surface area contributed by atoms with Gasteiger partial charge < -0.3 is 24.6 Å². The summed E-state index contributed by atoms with van der Waals surface area (Å²) in [5.74, 6) is 0.877. The molecule has 1 fully saturated rings. The highest BCUT2D eigenvalue weighted by Crippen LogP contribution is 2.37. The van der Waals surface area contributed by atoms with Crippen molar-refractivity contribution in [1.29, 1.82) is 0 Å². The lowest BCUT2D eigenvalue weighted by Crippen LogP contribution is -2.61. The van der Waals surface area contributed by atoms with Crippen molar-refractivity contribution in [2.45, 2.75) is 12.5 Å². The highest BCUT2D eigenvalue weighted by atomic mass is 16.5. The summed E-state index contributed by atoms with van der Waals surface area (Å²) in [6.45, 7) is 3.68. The predicted octanol–water partition coefficient (Wildman–Crippen LogP) is 2.33. The van der Waals surface area contributed by atoms with E-state index in [2.05, 4.69) is 51.5 Å². The summed E-state index contributed by atoms with van der Waals surface area (Å²) in [5, 5.41) is 3.06. The minimum atomic E-state index is -0.0878. The van der Waals surface area contributed by atoms with E-state index in [0.717, 1.165) is 37.5 Å². The van der Waals surface area contributed by atoms with Crippen LogP contribution in [0.15, 0.2) is 48.5 Å². The number of benzene rings is 2. The Labute approximate surface area is 172 Å². The number of hydrogen-bond donors (Lipinski definition) is 1. The van der Waals surface area contributed by atoms with Crippen LogP contribution in [0, 0.1) is 5.92 Å². The molecule has 6 nitrogen and oxygen atoms in total. The maximum Gasteiger partial charge on any atom is 0.225 e. The number of carbonyl (C=O) groups excluding carboxylic acids is 1. The Morgan fingerprint density at radius 3 is 2.83 bits per heavy atom. The Hall–Kier alpha value is -2.73. The monoisotopic (exact) mass is 395 g/mol. The number of nitrogens with zero attached hydrogens (tertiary/aromatic N) is 2. The average Bonchev–Trinajstić information content (AvgIpc) is 2.78. The van der Waals surface area contributed by atoms with Crippen LogP contribution in [0.3, 0.4) is 0 Å². The van der Waals surface area contributed by atoms with Crippen LogP contribution in [0.1, 0.15) is 5.56 Å². The molecule has 4 rings (SSSR count). The van der Waals surface area contributed by atoms with Gasteiger partial charge in [-0.05, 0) is 30.2 Å². The average molecular weight is 396 g/mol. The molecule has 6 heteroatoms. The molecule has 0 saturated carbocycles. The number of amides is 1. The van der Waals surface area contributed by atoms with Crippen LogP contribution in [0.2, 0.25) is 0 Å². The topological polar surface area (TPSA) is 54.0 Å². The largest absolute Gasteiger partial charge is 0.497 e. The molecule has 2 atom stereocenters. The molecule has 0 bridgehead atoms. The van der Waals surface area contributed by atoms with E-state index in [1.54, 1.807) is 14.2 Å². The second-order valence-corrected chi connectivity index (χ2v) is 7.63. The Bertz CT molecular complexity index is 857. The molecule has 29 heavy (non-hydrogen) atoms. The molecule has 2 aromatic carbocycles. The fourth-order valence-corrected chi connectivity index (χ4v) is 4.51. The van der Waals surface area contributed by atoms with Crippen LogP contribution in [0.5, 0.6) is 5.75 Å². The molecule has 0 radical (unpaired) electrons. The normalized spacial score (nSPS) is 20.6. The maximum atomic E-state index is 13.0. The second-order valence-electron chi connectivity index (χ2n) is 7.63. The van der Waals surface area contributed by atoms with Crippen LogP contribution >= 0.6 is 0 Å². The number of piperazine rings is 1. The van der Waals surface area contributed by atoms with Gasteiger partial charge in [-0.15, -0.1) is 0 Å². The number of rotatable bonds is 6. The number of fused-ring (bicyclic) bond motifs is 3. The van der Waals surface area contributed by atoms with Crippen molar-refractivity contribution in [3.8, 4) is 5.75 Å². The van der Waals surface area contributed by atoms with Gasteiger partial charge in [0.2, 0.25) is 5.91 Å². The smallest absolute Gasteiger partial charge is 0.225 e. The zero-order valence-electron chi connectivity index (χ0n) is 17.1. The van der Waals surface area contributed by atoms with Crippen LogP contribution in [0.25, 0.3) is 0 Å². The van der Waals surface area contributed by atoms with E-state index in [9.17, 15) is 4.79 Å². The van der Waals surface area contributed by atoms with Gasteiger partial charge >= 0.3 is 0 Å². The van der Waals surface area contributed by atoms with E-state index >= 15 is 0 Å². The lowest BCUT2D eigenvalue weighted by Gasteiger charge is -2.49. The molecule has 0 aliphatic carbocycles. The molecule has 1 N–H and O–H groups in total. The summed E-state index contributed by atoms with van der Waals surface area (Å²) in [4.78, 5) is 17.8. The van der Waals surface area contributed by atoms with Crippen LogP contribution < -0.4 is 19.9 Å². The predicted molar refractivity (Wildman–Crippen MR) is 115 cm³/mol. The number of carbonyl (C=O) groups is 1. The van der Waals surface area contributed by atoms with Crippen molar-refractivity contribution in [3.63, 3.8) is 0 Å². The third-order valence-corrected chi connectivity index (χ3v) is 5.98. The molecule has 1 saturated heterocycles. The molecular weight excluding hydrogens is 366 g/mol. The molecule has 0 aromatic heterocycles. The van der Waals surface area contributed by atoms with Crippen molar-refractivity contribution in [2.75, 3.05) is 56.8 Å². The second kappa shape index (κ2) is 8.74. The quantitative estimate of drug-likeness (QED) is 0.761. The Morgan fingerprint density at radius 1 is 1.14 bits per heavy atom. The van der Waals surface area contributed by atoms with Crippen molar-refractivity contribution < 1.29 is 14.3 Å². The van der Waals surface area contributed by atoms with Gasteiger partial charge in [-0.2, -0.15) is 0 Å². The Morgan fingerprint density at radius 2 is 2.00 bits per heavy atom. The van der Waals surface area contributed by atoms with Crippen molar-refractivity contribution in [2.24, 2.45) is 5.92 Å². The van der Waals surface area contributed by atoms with Gasteiger partial charge in [-0.1, -0.05) is 24.3 Å². The highest BCUT2D eigenvalue weighted by Gasteiger charge is 2.41. The number of hydrogen-bond acceptors (Lipinski definition) is 5. The van der Waals surface area contributed by atoms with Crippen LogP contribution in [0.4, 0.5) is 11.4 Å². The van der Waals surface area contributed by atoms with E-state index in [1.807, 2.05) is 12.1 Å². The Balaban J connectivity index is 1.59. The molecular formula is C23H29N3O3. The first-order valence-electron chi connectivity index (χ1n) is 10.2. The van der Waals surface area contributed by atoms with Crippen LogP contribution in [-0.2, 0) is 16.0 Å². The standard InChI is InChI=1S/C23H29N3O3/c1-28-13-10-24-23(27)20-14-17-6-3-4-9-21(17)26-12-11-25(16-22(20)26)18-7-5-8-19(15-18)29-2/h3-9,15,20,22H,10-14,16H2,1-2H3,(H,24,27)/t20-,22-/m1/s1. The lowest BCUT2D eigenvalue weighted by molar-refractivity contribution is -0.126. The molecule has 2 aromatic rings. The highest BCUT2D eigenvalue weighted by molar-refractivity contribution is 5.82. The summed E-state index contributed by atoms with van der Waals surface area (Å²) in [7, 11) is 3.34. The molecule has 2 aliphatic rings. The van der Waals surface area contributed by atoms with E-state index in [0.29, 0.717) is 13.2 Å². The minimum absolute atomic E-state index is 0.0878. The first-order valence-corrected chi connectivity index (χ1v) is 10.2. The van der Waals surface area contributed by atoms with Crippen LogP contribution in [-0.4, -0.2) is 59.0 Å². The molecule has 1 amide bonds. The summed E-state index contributed by atoms with van der Waals surface area (Å²) >= 11 is 0. The van der Waals surface area contributed by atoms with Gasteiger partial charge in [-0.25, -0.2) is 0 Å². The van der Waals surface area contributed by atoms with E-state index < -0.39 is 0 Å². The number of para-hydroxylation sites is 1. The third kappa shape index (κ3) is 4.03. The molecule has 154 valence electrons. The summed E-state index contributed by atoms with van der Waals surface area (Å²) in [5.41, 5.74) is 3.66. The van der Waals surface area contributed by atoms with Gasteiger partial charge in [0.15, 0.2) is 0 Å². The summed E-state index contributed by atoms with van der Waals surface area (Å²) in [6.07, 6.45) is 0.766. The Kier molecular flexibility index (Phi) is 5.90. The van der Waals surface area contributed by atoms with Gasteiger partial charge in [0.25, 0.3) is 0 Å². The molecule has 0 unspecified atom stereocenters. The maximum absolute atomic E-state index is 13.0. The van der Waals surface area contributed by atoms with Gasteiger partial charge in [-0.3, -0.25) is 4.79 Å². The van der Waals surface area contributed by atoms with Gasteiger partial charge in [0.1, 0.15) is 5.75 Å². The zero-order chi connectivity index (χ0) is 20.2. The van der Waals surface area contributed by atoms with Crippen molar-refractivity contribution in [1.82, 2.24) is 5.32 Å². The number of ether oxygens (including phenoxy) is 2. The summed E-state index contributed by atoms with van der Waals surface area (Å²) in [6, 6.07) is 16.8. The van der Waals surface area contributed by atoms with Gasteiger partial charge in [0.05, 0.1) is 25.7 Å². The molecule has 2 aliphatic heterocycles. The fourth-order valence-electron chi connectivity index (χ4n) is 4.51. The number of anilines is 2. The SMILES string of the molecule is COCCNC(=O)[C@@H]1Cc2ccccc2N2CCN(c3cccc(OC)c3)C[C@H]12. The van der Waals surface area contributed by atoms with E-state index in [1.165, 1.54) is 11.3 Å².